The minimum absolute atomic E-state index is 0.117. The van der Waals surface area contributed by atoms with Crippen molar-refractivity contribution in [1.29, 1.82) is 0 Å². The first-order valence-corrected chi connectivity index (χ1v) is 10.1. The van der Waals surface area contributed by atoms with Crippen LogP contribution in [0.4, 0.5) is 0 Å². The molecule has 4 nitrogen and oxygen atoms in total. The van der Waals surface area contributed by atoms with E-state index in [0.717, 1.165) is 62.7 Å². The molecule has 1 unspecified atom stereocenters. The number of hydrogen-bond donors (Lipinski definition) is 0. The van der Waals surface area contributed by atoms with Crippen LogP contribution in [0, 0.1) is 6.92 Å². The Hall–Kier alpha value is -2.10. The highest BCUT2D eigenvalue weighted by atomic mass is 16.5. The lowest BCUT2D eigenvalue weighted by atomic mass is 9.84. The van der Waals surface area contributed by atoms with Crippen LogP contribution in [0.5, 0.6) is 0 Å². The van der Waals surface area contributed by atoms with Crippen LogP contribution in [0.2, 0.25) is 0 Å². The molecular formula is C22H26N2O2. The van der Waals surface area contributed by atoms with Crippen molar-refractivity contribution >= 4 is 5.91 Å². The third kappa shape index (κ3) is 2.58. The minimum atomic E-state index is 0.117. The maximum atomic E-state index is 13.3. The maximum absolute atomic E-state index is 13.3. The zero-order chi connectivity index (χ0) is 17.7. The minimum Gasteiger partial charge on any atom is -0.360 e. The molecule has 0 N–H and O–H groups in total. The van der Waals surface area contributed by atoms with Crippen LogP contribution in [-0.2, 0) is 12.8 Å². The standard InChI is InChI=1S/C22H26N2O2/c1-14-6-8-15(9-7-14)16-12-17-10-11-18(13-16)24(17)22(25)21-19-4-2-3-5-20(19)26-23-21/h6-9,16-18H,2-5,10-13H2,1H3/t16?,17-,18+. The third-order valence-electron chi connectivity index (χ3n) is 6.67. The van der Waals surface area contributed by atoms with E-state index >= 15 is 0 Å². The van der Waals surface area contributed by atoms with Gasteiger partial charge in [-0.25, -0.2) is 0 Å². The highest BCUT2D eigenvalue weighted by Gasteiger charge is 2.45. The number of hydrogen-bond acceptors (Lipinski definition) is 3. The summed E-state index contributed by atoms with van der Waals surface area (Å²) in [6.45, 7) is 2.13. The van der Waals surface area contributed by atoms with Gasteiger partial charge in [0, 0.05) is 24.1 Å². The van der Waals surface area contributed by atoms with Crippen molar-refractivity contribution in [3.8, 4) is 0 Å². The zero-order valence-corrected chi connectivity index (χ0v) is 15.4. The van der Waals surface area contributed by atoms with Gasteiger partial charge < -0.3 is 9.42 Å². The second-order valence-electron chi connectivity index (χ2n) is 8.32. The molecule has 3 heterocycles. The highest BCUT2D eigenvalue weighted by molar-refractivity contribution is 5.94. The molecule has 1 aromatic heterocycles. The van der Waals surface area contributed by atoms with Gasteiger partial charge in [0.05, 0.1) is 0 Å². The van der Waals surface area contributed by atoms with E-state index < -0.39 is 0 Å². The normalized spacial score (nSPS) is 27.4. The topological polar surface area (TPSA) is 46.3 Å². The Kier molecular flexibility index (Phi) is 3.87. The molecule has 2 aliphatic heterocycles. The van der Waals surface area contributed by atoms with Crippen molar-refractivity contribution < 1.29 is 9.32 Å². The summed E-state index contributed by atoms with van der Waals surface area (Å²) in [7, 11) is 0. The van der Waals surface area contributed by atoms with Crippen molar-refractivity contribution in [2.24, 2.45) is 0 Å². The van der Waals surface area contributed by atoms with Gasteiger partial charge in [0.1, 0.15) is 5.76 Å². The number of amides is 1. The molecular weight excluding hydrogens is 324 g/mol. The first kappa shape index (κ1) is 16.1. The van der Waals surface area contributed by atoms with Gasteiger partial charge in [-0.1, -0.05) is 35.0 Å². The van der Waals surface area contributed by atoms with Crippen LogP contribution in [0.3, 0.4) is 0 Å². The number of fused-ring (bicyclic) bond motifs is 3. The van der Waals surface area contributed by atoms with Gasteiger partial charge in [-0.3, -0.25) is 4.79 Å². The van der Waals surface area contributed by atoms with Gasteiger partial charge in [-0.05, 0) is 63.4 Å². The molecule has 1 aromatic carbocycles. The number of carbonyl (C=O) groups excluding carboxylic acids is 1. The van der Waals surface area contributed by atoms with Crippen molar-refractivity contribution in [2.75, 3.05) is 0 Å². The smallest absolute Gasteiger partial charge is 0.276 e. The Bertz CT molecular complexity index is 809. The van der Waals surface area contributed by atoms with E-state index in [1.165, 1.54) is 11.1 Å². The van der Waals surface area contributed by atoms with E-state index in [-0.39, 0.29) is 5.91 Å². The number of aryl methyl sites for hydroxylation is 2. The van der Waals surface area contributed by atoms with Gasteiger partial charge in [-0.2, -0.15) is 0 Å². The van der Waals surface area contributed by atoms with Crippen LogP contribution < -0.4 is 0 Å². The van der Waals surface area contributed by atoms with Gasteiger partial charge >= 0.3 is 0 Å². The summed E-state index contributed by atoms with van der Waals surface area (Å²) in [6, 6.07) is 9.65. The van der Waals surface area contributed by atoms with Crippen molar-refractivity contribution in [3.05, 3.63) is 52.4 Å². The summed E-state index contributed by atoms with van der Waals surface area (Å²) in [6.07, 6.45) is 8.54. The third-order valence-corrected chi connectivity index (χ3v) is 6.67. The van der Waals surface area contributed by atoms with E-state index in [2.05, 4.69) is 41.2 Å². The number of aromatic nitrogens is 1. The number of benzene rings is 1. The molecule has 4 heteroatoms. The van der Waals surface area contributed by atoms with Gasteiger partial charge in [0.15, 0.2) is 5.69 Å². The molecule has 0 radical (unpaired) electrons. The first-order chi connectivity index (χ1) is 12.7. The van der Waals surface area contributed by atoms with E-state index in [1.54, 1.807) is 0 Å². The molecule has 136 valence electrons. The van der Waals surface area contributed by atoms with E-state index in [4.69, 9.17) is 4.52 Å². The molecule has 3 atom stereocenters. The fourth-order valence-electron chi connectivity index (χ4n) is 5.29. The second kappa shape index (κ2) is 6.26. The predicted octanol–water partition coefficient (Wildman–Crippen LogP) is 4.41. The van der Waals surface area contributed by atoms with Crippen LogP contribution in [0.1, 0.15) is 77.4 Å². The summed E-state index contributed by atoms with van der Waals surface area (Å²) < 4.78 is 5.49. The van der Waals surface area contributed by atoms with Gasteiger partial charge in [0.2, 0.25) is 0 Å². The summed E-state index contributed by atoms with van der Waals surface area (Å²) >= 11 is 0. The van der Waals surface area contributed by atoms with Gasteiger partial charge in [0.25, 0.3) is 5.91 Å². The number of nitrogens with zero attached hydrogens (tertiary/aromatic N) is 2. The molecule has 26 heavy (non-hydrogen) atoms. The zero-order valence-electron chi connectivity index (χ0n) is 15.4. The Morgan fingerprint density at radius 3 is 2.50 bits per heavy atom. The molecule has 1 amide bonds. The quantitative estimate of drug-likeness (QED) is 0.806. The average Bonchev–Trinajstić information content (AvgIpc) is 3.20. The molecule has 2 aromatic rings. The Balaban J connectivity index is 1.38. The lowest BCUT2D eigenvalue weighted by Gasteiger charge is -2.39. The molecule has 5 rings (SSSR count). The van der Waals surface area contributed by atoms with Crippen molar-refractivity contribution in [3.63, 3.8) is 0 Å². The van der Waals surface area contributed by atoms with E-state index in [1.807, 2.05) is 0 Å². The molecule has 2 fully saturated rings. The second-order valence-corrected chi connectivity index (χ2v) is 8.32. The summed E-state index contributed by atoms with van der Waals surface area (Å²) in [5.41, 5.74) is 4.42. The summed E-state index contributed by atoms with van der Waals surface area (Å²) in [4.78, 5) is 15.4. The molecule has 0 spiro atoms. The molecule has 0 saturated carbocycles. The van der Waals surface area contributed by atoms with Crippen molar-refractivity contribution in [1.82, 2.24) is 10.1 Å². The molecule has 2 saturated heterocycles. The fourth-order valence-corrected chi connectivity index (χ4v) is 5.29. The molecule has 3 aliphatic rings. The van der Waals surface area contributed by atoms with E-state index in [9.17, 15) is 4.79 Å². The molecule has 1 aliphatic carbocycles. The van der Waals surface area contributed by atoms with Crippen LogP contribution in [0.25, 0.3) is 0 Å². The lowest BCUT2D eigenvalue weighted by Crippen LogP contribution is -2.46. The predicted molar refractivity (Wildman–Crippen MR) is 99.3 cm³/mol. The fraction of sp³-hybridized carbons (Fsp3) is 0.545. The van der Waals surface area contributed by atoms with Gasteiger partial charge in [-0.15, -0.1) is 0 Å². The Labute approximate surface area is 154 Å². The number of rotatable bonds is 2. The Morgan fingerprint density at radius 1 is 1.08 bits per heavy atom. The largest absolute Gasteiger partial charge is 0.360 e. The summed E-state index contributed by atoms with van der Waals surface area (Å²) in [5.74, 6) is 1.64. The lowest BCUT2D eigenvalue weighted by molar-refractivity contribution is 0.0560. The van der Waals surface area contributed by atoms with Crippen LogP contribution in [-0.4, -0.2) is 28.0 Å². The van der Waals surface area contributed by atoms with E-state index in [0.29, 0.717) is 23.7 Å². The number of carbonyl (C=O) groups is 1. The Morgan fingerprint density at radius 2 is 1.77 bits per heavy atom. The average molecular weight is 350 g/mol. The first-order valence-electron chi connectivity index (χ1n) is 10.1. The maximum Gasteiger partial charge on any atom is 0.276 e. The monoisotopic (exact) mass is 350 g/mol. The number of piperidine rings is 1. The van der Waals surface area contributed by atoms with Crippen LogP contribution in [0.15, 0.2) is 28.8 Å². The molecule has 2 bridgehead atoms. The SMILES string of the molecule is Cc1ccc(C2C[C@H]3CC[C@@H](C2)N3C(=O)c2noc3c2CCCC3)cc1. The van der Waals surface area contributed by atoms with Crippen molar-refractivity contribution in [2.45, 2.75) is 76.3 Å². The summed E-state index contributed by atoms with van der Waals surface area (Å²) in [5, 5.41) is 4.19. The highest BCUT2D eigenvalue weighted by Crippen LogP contribution is 2.44. The van der Waals surface area contributed by atoms with Crippen LogP contribution >= 0.6 is 0 Å².